The first-order chi connectivity index (χ1) is 29.8. The van der Waals surface area contributed by atoms with E-state index in [0.717, 1.165) is 67.0 Å². The molecular formula is C58H39NO. The van der Waals surface area contributed by atoms with E-state index in [9.17, 15) is 0 Å². The molecule has 1 aromatic heterocycles. The summed E-state index contributed by atoms with van der Waals surface area (Å²) in [6.45, 7) is 0. The largest absolute Gasteiger partial charge is 0.455 e. The topological polar surface area (TPSA) is 16.4 Å². The van der Waals surface area contributed by atoms with Crippen molar-refractivity contribution < 1.29 is 4.42 Å². The van der Waals surface area contributed by atoms with Crippen LogP contribution in [0.2, 0.25) is 0 Å². The molecule has 0 N–H and O–H groups in total. The fraction of sp³-hybridized carbons (Fsp3) is 0. The molecule has 2 heteroatoms. The van der Waals surface area contributed by atoms with E-state index in [0.29, 0.717) is 0 Å². The van der Waals surface area contributed by atoms with E-state index in [1.54, 1.807) is 0 Å². The highest BCUT2D eigenvalue weighted by Crippen LogP contribution is 2.48. The monoisotopic (exact) mass is 765 g/mol. The van der Waals surface area contributed by atoms with Gasteiger partial charge in [-0.1, -0.05) is 194 Å². The summed E-state index contributed by atoms with van der Waals surface area (Å²) < 4.78 is 7.06. The Morgan fingerprint density at radius 1 is 0.283 bits per heavy atom. The van der Waals surface area contributed by atoms with Crippen molar-refractivity contribution in [3.8, 4) is 55.8 Å². The van der Waals surface area contributed by atoms with Gasteiger partial charge in [0, 0.05) is 39.0 Å². The molecule has 11 rings (SSSR count). The van der Waals surface area contributed by atoms with E-state index in [1.807, 2.05) is 0 Å². The predicted molar refractivity (Wildman–Crippen MR) is 253 cm³/mol. The number of benzene rings is 10. The molecule has 0 radical (unpaired) electrons. The lowest BCUT2D eigenvalue weighted by Gasteiger charge is -2.26. The number of furan rings is 1. The molecule has 0 aliphatic rings. The molecular weight excluding hydrogens is 727 g/mol. The highest BCUT2D eigenvalue weighted by atomic mass is 16.3. The summed E-state index contributed by atoms with van der Waals surface area (Å²) in [5, 5.41) is 5.83. The van der Waals surface area contributed by atoms with Gasteiger partial charge in [-0.15, -0.1) is 0 Å². The Morgan fingerprint density at radius 2 is 0.717 bits per heavy atom. The summed E-state index contributed by atoms with van der Waals surface area (Å²) in [5.41, 5.74) is 14.6. The molecule has 60 heavy (non-hydrogen) atoms. The molecule has 0 saturated carbocycles. The van der Waals surface area contributed by atoms with Gasteiger partial charge in [-0.3, -0.25) is 0 Å². The Balaban J connectivity index is 1.01. The second-order valence-corrected chi connectivity index (χ2v) is 15.2. The van der Waals surface area contributed by atoms with Gasteiger partial charge in [0.15, 0.2) is 0 Å². The average molecular weight is 766 g/mol. The average Bonchev–Trinajstić information content (AvgIpc) is 3.75. The van der Waals surface area contributed by atoms with Gasteiger partial charge in [-0.05, 0) is 97.6 Å². The first kappa shape index (κ1) is 35.2. The second kappa shape index (κ2) is 15.1. The zero-order chi connectivity index (χ0) is 39.8. The Hall–Kier alpha value is -7.94. The van der Waals surface area contributed by atoms with E-state index in [4.69, 9.17) is 4.42 Å². The molecule has 0 fully saturated rings. The van der Waals surface area contributed by atoms with Crippen molar-refractivity contribution in [2.24, 2.45) is 0 Å². The molecule has 0 atom stereocenters. The number of fused-ring (bicyclic) bond motifs is 6. The van der Waals surface area contributed by atoms with Gasteiger partial charge in [0.05, 0.1) is 0 Å². The number of hydrogen-bond donors (Lipinski definition) is 0. The smallest absolute Gasteiger partial charge is 0.143 e. The quantitative estimate of drug-likeness (QED) is 0.143. The third-order valence-corrected chi connectivity index (χ3v) is 11.7. The van der Waals surface area contributed by atoms with Gasteiger partial charge in [-0.25, -0.2) is 0 Å². The maximum absolute atomic E-state index is 7.06. The van der Waals surface area contributed by atoms with Crippen LogP contribution in [0.15, 0.2) is 241 Å². The van der Waals surface area contributed by atoms with Crippen LogP contribution in [-0.4, -0.2) is 0 Å². The van der Waals surface area contributed by atoms with E-state index in [2.05, 4.69) is 241 Å². The fourth-order valence-corrected chi connectivity index (χ4v) is 8.85. The van der Waals surface area contributed by atoms with E-state index < -0.39 is 0 Å². The SMILES string of the molecule is c1ccc(-c2ccccc2-c2ccc(N(c3ccccc3)c3ccc(-c4ccc5c6ccccc6c6c(-c7ccccc7)c(-c7ccccc7)oc6c5c4)cc3)cc2)cc1. The van der Waals surface area contributed by atoms with Crippen LogP contribution in [0.4, 0.5) is 17.1 Å². The van der Waals surface area contributed by atoms with Crippen LogP contribution < -0.4 is 4.90 Å². The third kappa shape index (κ3) is 6.23. The minimum Gasteiger partial charge on any atom is -0.455 e. The summed E-state index contributed by atoms with van der Waals surface area (Å²) in [6, 6.07) is 84.4. The molecule has 1 heterocycles. The summed E-state index contributed by atoms with van der Waals surface area (Å²) in [6.07, 6.45) is 0. The van der Waals surface area contributed by atoms with E-state index >= 15 is 0 Å². The molecule has 0 bridgehead atoms. The number of hydrogen-bond acceptors (Lipinski definition) is 2. The van der Waals surface area contributed by atoms with Gasteiger partial charge in [0.25, 0.3) is 0 Å². The molecule has 0 unspecified atom stereocenters. The molecule has 11 aromatic rings. The maximum Gasteiger partial charge on any atom is 0.143 e. The third-order valence-electron chi connectivity index (χ3n) is 11.7. The zero-order valence-electron chi connectivity index (χ0n) is 32.9. The number of para-hydroxylation sites is 1. The summed E-state index contributed by atoms with van der Waals surface area (Å²) >= 11 is 0. The van der Waals surface area contributed by atoms with Crippen LogP contribution in [0.3, 0.4) is 0 Å². The Bertz CT molecular complexity index is 3260. The van der Waals surface area contributed by atoms with Crippen molar-refractivity contribution >= 4 is 49.6 Å². The van der Waals surface area contributed by atoms with Crippen molar-refractivity contribution in [3.63, 3.8) is 0 Å². The number of rotatable bonds is 8. The molecule has 0 saturated heterocycles. The zero-order valence-corrected chi connectivity index (χ0v) is 32.9. The first-order valence-corrected chi connectivity index (χ1v) is 20.5. The minimum absolute atomic E-state index is 0.888. The van der Waals surface area contributed by atoms with Crippen LogP contribution in [0.1, 0.15) is 0 Å². The second-order valence-electron chi connectivity index (χ2n) is 15.2. The lowest BCUT2D eigenvalue weighted by atomic mass is 9.91. The van der Waals surface area contributed by atoms with Crippen LogP contribution >= 0.6 is 0 Å². The normalized spacial score (nSPS) is 11.3. The van der Waals surface area contributed by atoms with Gasteiger partial charge in [-0.2, -0.15) is 0 Å². The predicted octanol–water partition coefficient (Wildman–Crippen LogP) is 16.5. The summed E-state index contributed by atoms with van der Waals surface area (Å²) in [4.78, 5) is 2.33. The molecule has 10 aromatic carbocycles. The number of nitrogens with zero attached hydrogens (tertiary/aromatic N) is 1. The summed E-state index contributed by atoms with van der Waals surface area (Å²) in [5.74, 6) is 0.888. The van der Waals surface area contributed by atoms with Gasteiger partial charge < -0.3 is 9.32 Å². The molecule has 0 amide bonds. The van der Waals surface area contributed by atoms with Crippen LogP contribution in [-0.2, 0) is 0 Å². The molecule has 282 valence electrons. The Labute approximate surface area is 349 Å². The van der Waals surface area contributed by atoms with Gasteiger partial charge in [0.2, 0.25) is 0 Å². The lowest BCUT2D eigenvalue weighted by Crippen LogP contribution is -2.09. The maximum atomic E-state index is 7.06. The van der Waals surface area contributed by atoms with Crippen molar-refractivity contribution in [2.45, 2.75) is 0 Å². The molecule has 0 aliphatic carbocycles. The standard InChI is InChI=1S/C58H39NO/c1-5-17-41(18-6-1)49-25-13-14-26-50(49)42-31-36-48(37-32-42)59(46-23-11-4-12-24-46)47-34-29-40(30-35-47)45-33-38-52-51-27-15-16-28-53(51)56-55(43-19-7-2-8-20-43)57(44-21-9-3-10-22-44)60-58(56)54(52)39-45/h1-39H. The van der Waals surface area contributed by atoms with E-state index in [-0.39, 0.29) is 0 Å². The molecule has 2 nitrogen and oxygen atoms in total. The minimum atomic E-state index is 0.888. The Kier molecular flexibility index (Phi) is 8.87. The Morgan fingerprint density at radius 3 is 1.33 bits per heavy atom. The highest BCUT2D eigenvalue weighted by molar-refractivity contribution is 6.28. The van der Waals surface area contributed by atoms with Crippen molar-refractivity contribution in [3.05, 3.63) is 237 Å². The van der Waals surface area contributed by atoms with Gasteiger partial charge in [0.1, 0.15) is 11.3 Å². The van der Waals surface area contributed by atoms with Crippen molar-refractivity contribution in [1.29, 1.82) is 0 Å². The lowest BCUT2D eigenvalue weighted by molar-refractivity contribution is 0.636. The van der Waals surface area contributed by atoms with Crippen LogP contribution in [0.5, 0.6) is 0 Å². The fourth-order valence-electron chi connectivity index (χ4n) is 8.85. The summed E-state index contributed by atoms with van der Waals surface area (Å²) in [7, 11) is 0. The van der Waals surface area contributed by atoms with Crippen molar-refractivity contribution in [1.82, 2.24) is 0 Å². The molecule has 0 aliphatic heterocycles. The first-order valence-electron chi connectivity index (χ1n) is 20.5. The van der Waals surface area contributed by atoms with Crippen LogP contribution in [0.25, 0.3) is 88.3 Å². The van der Waals surface area contributed by atoms with Crippen LogP contribution in [0, 0.1) is 0 Å². The number of anilines is 3. The van der Waals surface area contributed by atoms with Gasteiger partial charge >= 0.3 is 0 Å². The van der Waals surface area contributed by atoms with E-state index in [1.165, 1.54) is 38.4 Å². The van der Waals surface area contributed by atoms with Crippen molar-refractivity contribution in [2.75, 3.05) is 4.90 Å². The highest BCUT2D eigenvalue weighted by Gasteiger charge is 2.23. The molecule has 0 spiro atoms.